The van der Waals surface area contributed by atoms with Crippen molar-refractivity contribution in [3.8, 4) is 0 Å². The molecule has 0 saturated carbocycles. The molecule has 130 valence electrons. The van der Waals surface area contributed by atoms with Crippen molar-refractivity contribution in [3.05, 3.63) is 0 Å². The van der Waals surface area contributed by atoms with Crippen molar-refractivity contribution in [1.29, 1.82) is 0 Å². The summed E-state index contributed by atoms with van der Waals surface area (Å²) in [5.41, 5.74) is 0. The minimum absolute atomic E-state index is 0.192. The Hall–Kier alpha value is -0.210. The quantitative estimate of drug-likeness (QED) is 0.656. The van der Waals surface area contributed by atoms with Gasteiger partial charge in [-0.3, -0.25) is 9.80 Å². The van der Waals surface area contributed by atoms with Crippen LogP contribution in [-0.4, -0.2) is 106 Å². The van der Waals surface area contributed by atoms with E-state index in [9.17, 15) is 8.42 Å². The van der Waals surface area contributed by atoms with E-state index in [2.05, 4.69) is 35.7 Å². The molecule has 0 amide bonds. The molecule has 2 fully saturated rings. The fourth-order valence-corrected chi connectivity index (χ4v) is 5.05. The first-order valence-electron chi connectivity index (χ1n) is 8.51. The first-order valence-corrected chi connectivity index (χ1v) is 10.1. The highest BCUT2D eigenvalue weighted by Crippen LogP contribution is 2.20. The van der Waals surface area contributed by atoms with E-state index in [1.807, 2.05) is 0 Å². The first kappa shape index (κ1) is 18.1. The van der Waals surface area contributed by atoms with Gasteiger partial charge < -0.3 is 4.90 Å². The predicted octanol–water partition coefficient (Wildman–Crippen LogP) is -0.0203. The largest absolute Gasteiger partial charge is 0.308 e. The maximum absolute atomic E-state index is 12.2. The van der Waals surface area contributed by atoms with Crippen LogP contribution in [0.2, 0.25) is 0 Å². The molecule has 0 aromatic heterocycles. The van der Waals surface area contributed by atoms with E-state index in [-0.39, 0.29) is 6.04 Å². The van der Waals surface area contributed by atoms with Crippen molar-refractivity contribution in [1.82, 2.24) is 19.0 Å². The zero-order valence-electron chi connectivity index (χ0n) is 14.4. The molecule has 0 bridgehead atoms. The molecule has 22 heavy (non-hydrogen) atoms. The Labute approximate surface area is 136 Å². The Balaban J connectivity index is 1.80. The van der Waals surface area contributed by atoms with Crippen LogP contribution in [-0.2, 0) is 10.0 Å². The zero-order chi connectivity index (χ0) is 16.2. The van der Waals surface area contributed by atoms with Gasteiger partial charge in [-0.25, -0.2) is 12.7 Å². The molecule has 0 N–H and O–H groups in total. The summed E-state index contributed by atoms with van der Waals surface area (Å²) in [4.78, 5) is 7.08. The lowest BCUT2D eigenvalue weighted by Gasteiger charge is -2.37. The van der Waals surface area contributed by atoms with Crippen LogP contribution in [0, 0.1) is 0 Å². The normalized spacial score (nSPS) is 27.7. The lowest BCUT2D eigenvalue weighted by Crippen LogP contribution is -2.52. The summed E-state index contributed by atoms with van der Waals surface area (Å²) in [6, 6.07) is 0.192. The number of piperazine rings is 1. The number of hydrogen-bond acceptors (Lipinski definition) is 5. The summed E-state index contributed by atoms with van der Waals surface area (Å²) in [7, 11) is 1.18. The summed E-state index contributed by atoms with van der Waals surface area (Å²) >= 11 is 0. The zero-order valence-corrected chi connectivity index (χ0v) is 15.2. The van der Waals surface area contributed by atoms with E-state index < -0.39 is 10.0 Å². The van der Waals surface area contributed by atoms with Gasteiger partial charge in [-0.15, -0.1) is 0 Å². The highest BCUT2D eigenvalue weighted by molar-refractivity contribution is 7.89. The SMILES string of the molecule is CCCCN1CC(N2CCN(CCN(C)C)CC2)CS1(=O)=O. The van der Waals surface area contributed by atoms with Gasteiger partial charge in [0.1, 0.15) is 0 Å². The fourth-order valence-electron chi connectivity index (χ4n) is 3.23. The maximum Gasteiger partial charge on any atom is 0.215 e. The third-order valence-electron chi connectivity index (χ3n) is 4.76. The second-order valence-electron chi connectivity index (χ2n) is 6.82. The molecule has 6 nitrogen and oxygen atoms in total. The van der Waals surface area contributed by atoms with Crippen LogP contribution in [0.15, 0.2) is 0 Å². The summed E-state index contributed by atoms with van der Waals surface area (Å²) in [6.07, 6.45) is 2.01. The Kier molecular flexibility index (Phi) is 6.64. The smallest absolute Gasteiger partial charge is 0.215 e. The van der Waals surface area contributed by atoms with E-state index in [0.29, 0.717) is 18.8 Å². The fraction of sp³-hybridized carbons (Fsp3) is 1.00. The van der Waals surface area contributed by atoms with Crippen molar-refractivity contribution in [2.24, 2.45) is 0 Å². The van der Waals surface area contributed by atoms with Gasteiger partial charge in [-0.2, -0.15) is 0 Å². The molecule has 0 radical (unpaired) electrons. The molecule has 2 aliphatic heterocycles. The second kappa shape index (κ2) is 8.06. The van der Waals surface area contributed by atoms with Gasteiger partial charge in [0.25, 0.3) is 0 Å². The standard InChI is InChI=1S/C15H32N4O2S/c1-4-5-6-19-13-15(14-22(19,20)21)18-11-9-17(10-12-18)8-7-16(2)3/h15H,4-14H2,1-3H3. The lowest BCUT2D eigenvalue weighted by atomic mass is 10.2. The number of unbranched alkanes of at least 4 members (excludes halogenated alkanes) is 1. The van der Waals surface area contributed by atoms with Crippen LogP contribution < -0.4 is 0 Å². The molecule has 2 rings (SSSR count). The molecular weight excluding hydrogens is 300 g/mol. The number of nitrogens with zero attached hydrogens (tertiary/aromatic N) is 4. The van der Waals surface area contributed by atoms with Crippen LogP contribution in [0.5, 0.6) is 0 Å². The number of sulfonamides is 1. The van der Waals surface area contributed by atoms with E-state index in [1.54, 1.807) is 4.31 Å². The van der Waals surface area contributed by atoms with Crippen LogP contribution in [0.4, 0.5) is 0 Å². The number of likely N-dealkylation sites (N-methyl/N-ethyl adjacent to an activating group) is 1. The highest BCUT2D eigenvalue weighted by atomic mass is 32.2. The van der Waals surface area contributed by atoms with Crippen LogP contribution >= 0.6 is 0 Å². The van der Waals surface area contributed by atoms with E-state index in [0.717, 1.165) is 52.1 Å². The van der Waals surface area contributed by atoms with Gasteiger partial charge in [0.05, 0.1) is 5.75 Å². The molecule has 0 aromatic carbocycles. The minimum atomic E-state index is -3.02. The van der Waals surface area contributed by atoms with Crippen molar-refractivity contribution < 1.29 is 8.42 Å². The molecule has 7 heteroatoms. The van der Waals surface area contributed by atoms with Crippen LogP contribution in [0.25, 0.3) is 0 Å². The minimum Gasteiger partial charge on any atom is -0.308 e. The van der Waals surface area contributed by atoms with Crippen LogP contribution in [0.1, 0.15) is 19.8 Å². The van der Waals surface area contributed by atoms with Gasteiger partial charge in [-0.05, 0) is 20.5 Å². The Morgan fingerprint density at radius 2 is 1.77 bits per heavy atom. The summed E-state index contributed by atoms with van der Waals surface area (Å²) in [6.45, 7) is 9.78. The van der Waals surface area contributed by atoms with Gasteiger partial charge in [0, 0.05) is 58.4 Å². The van der Waals surface area contributed by atoms with Crippen molar-refractivity contribution in [2.45, 2.75) is 25.8 Å². The Morgan fingerprint density at radius 3 is 2.36 bits per heavy atom. The monoisotopic (exact) mass is 332 g/mol. The first-order chi connectivity index (χ1) is 10.4. The van der Waals surface area contributed by atoms with E-state index >= 15 is 0 Å². The lowest BCUT2D eigenvalue weighted by molar-refractivity contribution is 0.0967. The highest BCUT2D eigenvalue weighted by Gasteiger charge is 2.39. The topological polar surface area (TPSA) is 47.1 Å². The third-order valence-corrected chi connectivity index (χ3v) is 6.68. The molecule has 1 atom stereocenters. The average Bonchev–Trinajstić information content (AvgIpc) is 2.78. The van der Waals surface area contributed by atoms with Crippen molar-refractivity contribution in [3.63, 3.8) is 0 Å². The molecule has 2 saturated heterocycles. The summed E-state index contributed by atoms with van der Waals surface area (Å²) < 4.78 is 26.2. The van der Waals surface area contributed by atoms with E-state index in [1.165, 1.54) is 0 Å². The predicted molar refractivity (Wildman–Crippen MR) is 90.6 cm³/mol. The Bertz CT molecular complexity index is 433. The number of rotatable bonds is 7. The van der Waals surface area contributed by atoms with Gasteiger partial charge in [0.15, 0.2) is 0 Å². The molecule has 2 heterocycles. The molecular formula is C15H32N4O2S. The molecule has 0 spiro atoms. The molecule has 1 unspecified atom stereocenters. The third kappa shape index (κ3) is 4.89. The molecule has 0 aliphatic carbocycles. The van der Waals surface area contributed by atoms with Gasteiger partial charge in [0.2, 0.25) is 10.0 Å². The Morgan fingerprint density at radius 1 is 1.09 bits per heavy atom. The van der Waals surface area contributed by atoms with E-state index in [4.69, 9.17) is 0 Å². The van der Waals surface area contributed by atoms with Gasteiger partial charge >= 0.3 is 0 Å². The van der Waals surface area contributed by atoms with Crippen molar-refractivity contribution in [2.75, 3.05) is 72.2 Å². The summed E-state index contributed by atoms with van der Waals surface area (Å²) in [5.74, 6) is 0.314. The maximum atomic E-state index is 12.2. The van der Waals surface area contributed by atoms with Crippen molar-refractivity contribution >= 4 is 10.0 Å². The second-order valence-corrected chi connectivity index (χ2v) is 8.84. The van der Waals surface area contributed by atoms with Gasteiger partial charge in [-0.1, -0.05) is 13.3 Å². The molecule has 0 aromatic rings. The van der Waals surface area contributed by atoms with Crippen LogP contribution in [0.3, 0.4) is 0 Å². The number of hydrogen-bond donors (Lipinski definition) is 0. The molecule has 2 aliphatic rings. The summed E-state index contributed by atoms with van der Waals surface area (Å²) in [5, 5.41) is 0. The average molecular weight is 333 g/mol.